The zero-order valence-electron chi connectivity index (χ0n) is 19.2. The number of benzene rings is 1. The maximum atomic E-state index is 14.8. The van der Waals surface area contributed by atoms with E-state index in [1.165, 1.54) is 0 Å². The molecule has 33 heavy (non-hydrogen) atoms. The van der Waals surface area contributed by atoms with E-state index < -0.39 is 17.2 Å². The Bertz CT molecular complexity index is 1420. The average Bonchev–Trinajstić information content (AvgIpc) is 3.14. The number of halogens is 2. The Morgan fingerprint density at radius 1 is 1.27 bits per heavy atom. The second kappa shape index (κ2) is 7.22. The fourth-order valence-electron chi connectivity index (χ4n) is 5.36. The van der Waals surface area contributed by atoms with E-state index in [9.17, 15) is 18.7 Å². The van der Waals surface area contributed by atoms with E-state index in [0.29, 0.717) is 51.8 Å². The molecule has 3 aromatic rings. The number of pyridine rings is 2. The number of aromatic nitrogens is 2. The molecule has 7 heteroatoms. The van der Waals surface area contributed by atoms with Crippen LogP contribution in [0.4, 0.5) is 8.78 Å². The first-order valence-corrected chi connectivity index (χ1v) is 11.3. The van der Waals surface area contributed by atoms with Gasteiger partial charge in [-0.1, -0.05) is 34.3 Å². The molecule has 2 aromatic heterocycles. The lowest BCUT2D eigenvalue weighted by Gasteiger charge is -2.35. The second-order valence-electron chi connectivity index (χ2n) is 9.14. The van der Waals surface area contributed by atoms with Gasteiger partial charge in [0.15, 0.2) is 11.6 Å². The van der Waals surface area contributed by atoms with Gasteiger partial charge in [0.25, 0.3) is 5.56 Å². The van der Waals surface area contributed by atoms with Crippen LogP contribution in [-0.4, -0.2) is 14.7 Å². The topological polar surface area (TPSA) is 64.4 Å². The first-order chi connectivity index (χ1) is 15.6. The minimum atomic E-state index is -1.48. The van der Waals surface area contributed by atoms with Crippen LogP contribution in [0.3, 0.4) is 0 Å². The van der Waals surface area contributed by atoms with Gasteiger partial charge in [-0.25, -0.2) is 13.8 Å². The van der Waals surface area contributed by atoms with Gasteiger partial charge in [0.1, 0.15) is 18.0 Å². The third-order valence-corrected chi connectivity index (χ3v) is 7.12. The molecule has 0 aliphatic carbocycles. The fraction of sp³-hybridized carbons (Fsp3) is 0.385. The minimum Gasteiger partial charge on any atom is -0.490 e. The first-order valence-electron chi connectivity index (χ1n) is 11.3. The summed E-state index contributed by atoms with van der Waals surface area (Å²) in [7, 11) is 0. The summed E-state index contributed by atoms with van der Waals surface area (Å²) in [5.41, 5.74) is 2.63. The van der Waals surface area contributed by atoms with Gasteiger partial charge in [0.05, 0.1) is 29.0 Å². The van der Waals surface area contributed by atoms with Crippen LogP contribution in [0.25, 0.3) is 22.3 Å². The van der Waals surface area contributed by atoms with Crippen molar-refractivity contribution in [3.8, 4) is 11.4 Å². The van der Waals surface area contributed by atoms with Crippen molar-refractivity contribution in [1.29, 1.82) is 0 Å². The van der Waals surface area contributed by atoms with Crippen LogP contribution in [0.5, 0.6) is 0 Å². The van der Waals surface area contributed by atoms with E-state index in [1.54, 1.807) is 17.6 Å². The molecule has 0 saturated heterocycles. The molecule has 2 aliphatic heterocycles. The van der Waals surface area contributed by atoms with Crippen LogP contribution in [0.2, 0.25) is 0 Å². The highest BCUT2D eigenvalue weighted by Crippen LogP contribution is 2.44. The molecule has 0 radical (unpaired) electrons. The van der Waals surface area contributed by atoms with E-state index in [2.05, 4.69) is 6.58 Å². The first kappa shape index (κ1) is 21.8. The van der Waals surface area contributed by atoms with Gasteiger partial charge < -0.3 is 14.4 Å². The minimum absolute atomic E-state index is 0.0376. The zero-order valence-corrected chi connectivity index (χ0v) is 19.2. The largest absolute Gasteiger partial charge is 0.490 e. The molecule has 0 amide bonds. The molecule has 5 rings (SSSR count). The van der Waals surface area contributed by atoms with Crippen molar-refractivity contribution in [2.24, 2.45) is 0 Å². The predicted octanol–water partition coefficient (Wildman–Crippen LogP) is 5.03. The van der Waals surface area contributed by atoms with Crippen molar-refractivity contribution < 1.29 is 18.6 Å². The molecule has 2 aliphatic rings. The Kier molecular flexibility index (Phi) is 4.76. The van der Waals surface area contributed by atoms with Crippen LogP contribution >= 0.6 is 0 Å². The van der Waals surface area contributed by atoms with Gasteiger partial charge in [-0.05, 0) is 30.4 Å². The van der Waals surface area contributed by atoms with Crippen LogP contribution in [0.15, 0.2) is 29.3 Å². The smallest absolute Gasteiger partial charge is 0.258 e. The van der Waals surface area contributed by atoms with Gasteiger partial charge >= 0.3 is 0 Å². The Morgan fingerprint density at radius 2 is 2.00 bits per heavy atom. The monoisotopic (exact) mass is 452 g/mol. The molecule has 1 aromatic carbocycles. The van der Waals surface area contributed by atoms with Gasteiger partial charge in [0.2, 0.25) is 0 Å². The molecule has 0 unspecified atom stereocenters. The molecule has 0 bridgehead atoms. The summed E-state index contributed by atoms with van der Waals surface area (Å²) in [6.07, 6.45) is 0.871. The summed E-state index contributed by atoms with van der Waals surface area (Å²) in [4.78, 5) is 18.2. The SMILES string of the molecule is C=C1OCc2c(cc3n(c2=O)Cc2c-3nc3cc(F)c(F)c(C(C)C)c3c2CC)[C@@]1(O)CC. The molecule has 5 nitrogen and oxygen atoms in total. The standard InChI is InChI=1S/C26H26F2N2O3/c1-6-14-15-10-30-20(8-17-16(25(30)31)11-33-13(5)26(17,32)7-2)24(15)29-19-9-18(27)23(28)21(12(3)4)22(14)19/h8-9,12,32H,5-7,10-11H2,1-4H3/t26-/m1/s1. The Balaban J connectivity index is 1.87. The van der Waals surface area contributed by atoms with Crippen LogP contribution in [0, 0.1) is 11.6 Å². The van der Waals surface area contributed by atoms with Gasteiger partial charge in [-0.15, -0.1) is 0 Å². The highest BCUT2D eigenvalue weighted by molar-refractivity contribution is 5.91. The van der Waals surface area contributed by atoms with Crippen LogP contribution < -0.4 is 5.56 Å². The van der Waals surface area contributed by atoms with Crippen molar-refractivity contribution in [2.75, 3.05) is 0 Å². The summed E-state index contributed by atoms with van der Waals surface area (Å²) in [6, 6.07) is 2.91. The molecule has 0 spiro atoms. The summed E-state index contributed by atoms with van der Waals surface area (Å²) < 4.78 is 36.5. The number of hydrogen-bond donors (Lipinski definition) is 1. The maximum Gasteiger partial charge on any atom is 0.258 e. The Labute approximate surface area is 190 Å². The van der Waals surface area contributed by atoms with Crippen LogP contribution in [-0.2, 0) is 29.9 Å². The number of aliphatic hydroxyl groups is 1. The Morgan fingerprint density at radius 3 is 2.64 bits per heavy atom. The van der Waals surface area contributed by atoms with E-state index in [-0.39, 0.29) is 30.4 Å². The number of aryl methyl sites for hydroxylation is 1. The van der Waals surface area contributed by atoms with E-state index >= 15 is 0 Å². The molecule has 1 atom stereocenters. The summed E-state index contributed by atoms with van der Waals surface area (Å²) >= 11 is 0. The van der Waals surface area contributed by atoms with Crippen molar-refractivity contribution >= 4 is 10.9 Å². The average molecular weight is 453 g/mol. The molecule has 0 saturated carbocycles. The fourth-order valence-corrected chi connectivity index (χ4v) is 5.36. The van der Waals surface area contributed by atoms with E-state index in [0.717, 1.165) is 17.2 Å². The molecule has 172 valence electrons. The van der Waals surface area contributed by atoms with Gasteiger partial charge in [-0.2, -0.15) is 0 Å². The molecule has 0 fully saturated rings. The summed E-state index contributed by atoms with van der Waals surface area (Å²) in [6.45, 7) is 11.6. The number of nitrogens with zero attached hydrogens (tertiary/aromatic N) is 2. The number of rotatable bonds is 3. The third kappa shape index (κ3) is 2.78. The lowest BCUT2D eigenvalue weighted by Crippen LogP contribution is -2.38. The van der Waals surface area contributed by atoms with Crippen molar-refractivity contribution in [3.05, 3.63) is 74.3 Å². The Hall–Kier alpha value is -3.06. The highest BCUT2D eigenvalue weighted by Gasteiger charge is 2.41. The van der Waals surface area contributed by atoms with Crippen molar-refractivity contribution in [1.82, 2.24) is 9.55 Å². The predicted molar refractivity (Wildman–Crippen MR) is 122 cm³/mol. The lowest BCUT2D eigenvalue weighted by molar-refractivity contribution is -0.0172. The van der Waals surface area contributed by atoms with E-state index in [1.807, 2.05) is 20.8 Å². The number of ether oxygens (including phenoxy) is 1. The van der Waals surface area contributed by atoms with E-state index in [4.69, 9.17) is 9.72 Å². The van der Waals surface area contributed by atoms with Crippen molar-refractivity contribution in [3.63, 3.8) is 0 Å². The summed E-state index contributed by atoms with van der Waals surface area (Å²) in [5, 5.41) is 11.9. The normalized spacial score (nSPS) is 19.0. The number of hydrogen-bond acceptors (Lipinski definition) is 4. The number of fused-ring (bicyclic) bond motifs is 5. The zero-order chi connectivity index (χ0) is 23.8. The van der Waals surface area contributed by atoms with Gasteiger partial charge in [-0.3, -0.25) is 4.79 Å². The van der Waals surface area contributed by atoms with Crippen molar-refractivity contribution in [2.45, 2.75) is 65.2 Å². The van der Waals surface area contributed by atoms with Gasteiger partial charge in [0, 0.05) is 28.1 Å². The highest BCUT2D eigenvalue weighted by atomic mass is 19.2. The second-order valence-corrected chi connectivity index (χ2v) is 9.14. The lowest BCUT2D eigenvalue weighted by atomic mass is 9.84. The quantitative estimate of drug-likeness (QED) is 0.474. The summed E-state index contributed by atoms with van der Waals surface area (Å²) in [5.74, 6) is -1.81. The molecule has 1 N–H and O–H groups in total. The molecular formula is C26H26F2N2O3. The molecule has 4 heterocycles. The third-order valence-electron chi connectivity index (χ3n) is 7.12. The maximum absolute atomic E-state index is 14.8. The molecular weight excluding hydrogens is 426 g/mol. The van der Waals surface area contributed by atoms with Crippen LogP contribution in [0.1, 0.15) is 67.9 Å².